The number of methoxy groups -OCH3 is 1. The molecule has 14 heteroatoms. The first kappa shape index (κ1) is 28.5. The zero-order chi connectivity index (χ0) is 26.2. The standard InChI is InChI=1S/C22H33N6O6PS/c1-7-14-16(34-35(6)33-9-8-23-4)17(32-11-10-31-5)21(36-14)28-12-24-15-18(28)25-22(27-20(15)30)26-19(29)13(2)3/h12-14,16-17,21H,7-11H2,1-3,5-6H3,(H2,25,26,27,29,30)/t14-,16+,17?,21-,35?/m1/s1. The van der Waals surface area contributed by atoms with Crippen molar-refractivity contribution in [3.63, 3.8) is 0 Å². The van der Waals surface area contributed by atoms with Crippen molar-refractivity contribution in [2.45, 2.75) is 50.0 Å². The second-order valence-electron chi connectivity index (χ2n) is 8.41. The Bertz CT molecular complexity index is 1120. The largest absolute Gasteiger partial charge is 0.382 e. The Morgan fingerprint density at radius 3 is 2.81 bits per heavy atom. The number of rotatable bonds is 13. The third-order valence-corrected chi connectivity index (χ3v) is 8.32. The number of hydrogen-bond acceptors (Lipinski definition) is 9. The number of aromatic nitrogens is 4. The third kappa shape index (κ3) is 6.82. The van der Waals surface area contributed by atoms with Crippen molar-refractivity contribution in [1.29, 1.82) is 0 Å². The van der Waals surface area contributed by atoms with Gasteiger partial charge in [0.15, 0.2) is 19.5 Å². The predicted octanol–water partition coefficient (Wildman–Crippen LogP) is 3.03. The monoisotopic (exact) mass is 540 g/mol. The van der Waals surface area contributed by atoms with E-state index in [9.17, 15) is 9.59 Å². The summed E-state index contributed by atoms with van der Waals surface area (Å²) < 4.78 is 25.3. The highest BCUT2D eigenvalue weighted by atomic mass is 32.2. The van der Waals surface area contributed by atoms with Crippen LogP contribution < -0.4 is 10.9 Å². The fraction of sp³-hybridized carbons (Fsp3) is 0.682. The van der Waals surface area contributed by atoms with Gasteiger partial charge in [0, 0.05) is 24.9 Å². The number of thioether (sulfide) groups is 1. The van der Waals surface area contributed by atoms with Crippen molar-refractivity contribution in [3.05, 3.63) is 28.1 Å². The van der Waals surface area contributed by atoms with E-state index in [1.807, 2.05) is 11.2 Å². The molecule has 0 spiro atoms. The zero-order valence-electron chi connectivity index (χ0n) is 21.1. The molecule has 0 aromatic carbocycles. The van der Waals surface area contributed by atoms with Crippen molar-refractivity contribution >= 4 is 43.2 Å². The number of hydrogen-bond donors (Lipinski definition) is 2. The van der Waals surface area contributed by atoms with E-state index >= 15 is 0 Å². The van der Waals surface area contributed by atoms with Crippen molar-refractivity contribution < 1.29 is 23.3 Å². The number of fused-ring (bicyclic) bond motifs is 1. The summed E-state index contributed by atoms with van der Waals surface area (Å²) in [6, 6.07) is 0. The average molecular weight is 541 g/mol. The van der Waals surface area contributed by atoms with Crippen LogP contribution in [0.4, 0.5) is 5.95 Å². The lowest BCUT2D eigenvalue weighted by atomic mass is 10.1. The number of H-pyrrole nitrogens is 1. The molecule has 0 radical (unpaired) electrons. The van der Waals surface area contributed by atoms with Crippen molar-refractivity contribution in [2.24, 2.45) is 5.92 Å². The molecule has 3 heterocycles. The SMILES string of the molecule is [C-]#[N+]CCOP(C)O[C@@H]1C(OCCOC)[C@H](n2cnc3c(=O)[nH]c(NC(=O)C(C)C)nc32)S[C@@H]1CC. The second kappa shape index (κ2) is 13.5. The summed E-state index contributed by atoms with van der Waals surface area (Å²) in [7, 11) is 0.378. The summed E-state index contributed by atoms with van der Waals surface area (Å²) in [5, 5.41) is 2.44. The highest BCUT2D eigenvalue weighted by molar-refractivity contribution is 8.00. The fourth-order valence-electron chi connectivity index (χ4n) is 3.68. The number of carbonyl (C=O) groups is 1. The van der Waals surface area contributed by atoms with Gasteiger partial charge in [0.05, 0.1) is 19.5 Å². The summed E-state index contributed by atoms with van der Waals surface area (Å²) in [5.74, 6) is -0.462. The molecule has 2 unspecified atom stereocenters. The molecule has 0 bridgehead atoms. The summed E-state index contributed by atoms with van der Waals surface area (Å²) in [6.07, 6.45) is 1.68. The molecule has 0 saturated carbocycles. The van der Waals surface area contributed by atoms with E-state index in [-0.39, 0.29) is 46.6 Å². The molecule has 2 aromatic rings. The number of carbonyl (C=O) groups excluding carboxylic acids is 1. The summed E-state index contributed by atoms with van der Waals surface area (Å²) in [5.41, 5.74) is 0.0763. The van der Waals surface area contributed by atoms with Gasteiger partial charge < -0.3 is 23.4 Å². The van der Waals surface area contributed by atoms with Crippen LogP contribution in [0.3, 0.4) is 0 Å². The Balaban J connectivity index is 1.94. The summed E-state index contributed by atoms with van der Waals surface area (Å²) >= 11 is 1.66. The highest BCUT2D eigenvalue weighted by Crippen LogP contribution is 2.51. The van der Waals surface area contributed by atoms with Crippen LogP contribution in [-0.2, 0) is 23.3 Å². The van der Waals surface area contributed by atoms with E-state index in [2.05, 4.69) is 32.0 Å². The topological polar surface area (TPSA) is 134 Å². The zero-order valence-corrected chi connectivity index (χ0v) is 22.8. The molecule has 5 atom stereocenters. The molecule has 2 N–H and O–H groups in total. The molecule has 36 heavy (non-hydrogen) atoms. The van der Waals surface area contributed by atoms with Crippen LogP contribution >= 0.6 is 20.1 Å². The number of ether oxygens (including phenoxy) is 2. The van der Waals surface area contributed by atoms with Gasteiger partial charge in [-0.3, -0.25) is 24.5 Å². The van der Waals surface area contributed by atoms with Gasteiger partial charge in [0.1, 0.15) is 24.2 Å². The Hall–Kier alpha value is -2.07. The molecule has 0 aliphatic carbocycles. The Labute approximate surface area is 215 Å². The van der Waals surface area contributed by atoms with E-state index in [0.717, 1.165) is 6.42 Å². The molecule has 1 amide bonds. The number of nitrogens with zero attached hydrogens (tertiary/aromatic N) is 4. The first-order chi connectivity index (χ1) is 17.3. The highest BCUT2D eigenvalue weighted by Gasteiger charge is 2.47. The van der Waals surface area contributed by atoms with Gasteiger partial charge in [0.2, 0.25) is 18.4 Å². The number of anilines is 1. The molecule has 3 rings (SSSR count). The van der Waals surface area contributed by atoms with E-state index in [4.69, 9.17) is 25.1 Å². The van der Waals surface area contributed by atoms with Gasteiger partial charge in [-0.2, -0.15) is 4.98 Å². The lowest BCUT2D eigenvalue weighted by Gasteiger charge is -2.28. The quantitative estimate of drug-likeness (QED) is 0.223. The lowest BCUT2D eigenvalue weighted by Crippen LogP contribution is -2.36. The number of nitrogens with one attached hydrogen (secondary N) is 2. The maximum atomic E-state index is 12.7. The Morgan fingerprint density at radius 1 is 1.36 bits per heavy atom. The fourth-order valence-corrected chi connectivity index (χ4v) is 6.36. The van der Waals surface area contributed by atoms with Crippen LogP contribution in [0.1, 0.15) is 32.6 Å². The maximum absolute atomic E-state index is 12.7. The molecule has 1 aliphatic rings. The van der Waals surface area contributed by atoms with Gasteiger partial charge in [-0.15, -0.1) is 11.8 Å². The van der Waals surface area contributed by atoms with Crippen LogP contribution in [-0.4, -0.2) is 83.0 Å². The minimum Gasteiger partial charge on any atom is -0.382 e. The van der Waals surface area contributed by atoms with Gasteiger partial charge in [-0.1, -0.05) is 20.8 Å². The molecule has 1 fully saturated rings. The minimum absolute atomic E-state index is 0.0675. The molecular weight excluding hydrogens is 507 g/mol. The minimum atomic E-state index is -1.23. The van der Waals surface area contributed by atoms with E-state index in [0.29, 0.717) is 25.5 Å². The lowest BCUT2D eigenvalue weighted by molar-refractivity contribution is -0.118. The van der Waals surface area contributed by atoms with E-state index in [1.54, 1.807) is 39.0 Å². The number of imidazole rings is 1. The molecule has 12 nitrogen and oxygen atoms in total. The Kier molecular flexibility index (Phi) is 10.7. The Morgan fingerprint density at radius 2 is 2.14 bits per heavy atom. The second-order valence-corrected chi connectivity index (χ2v) is 11.1. The van der Waals surface area contributed by atoms with Crippen molar-refractivity contribution in [3.8, 4) is 0 Å². The molecule has 198 valence electrons. The van der Waals surface area contributed by atoms with Gasteiger partial charge >= 0.3 is 0 Å². The maximum Gasteiger partial charge on any atom is 0.280 e. The third-order valence-electron chi connectivity index (χ3n) is 5.50. The van der Waals surface area contributed by atoms with E-state index in [1.165, 1.54) is 0 Å². The van der Waals surface area contributed by atoms with Gasteiger partial charge in [0.25, 0.3) is 5.56 Å². The van der Waals surface area contributed by atoms with Crippen molar-refractivity contribution in [2.75, 3.05) is 45.5 Å². The molecule has 1 aliphatic heterocycles. The van der Waals surface area contributed by atoms with Crippen LogP contribution in [0.2, 0.25) is 0 Å². The van der Waals surface area contributed by atoms with Gasteiger partial charge in [-0.05, 0) is 6.42 Å². The van der Waals surface area contributed by atoms with Crippen LogP contribution in [0, 0.1) is 12.5 Å². The average Bonchev–Trinajstić information content (AvgIpc) is 3.41. The first-order valence-electron chi connectivity index (χ1n) is 11.7. The van der Waals surface area contributed by atoms with E-state index < -0.39 is 20.0 Å². The summed E-state index contributed by atoms with van der Waals surface area (Å²) in [6.45, 7) is 15.7. The number of amides is 1. The van der Waals surface area contributed by atoms with Crippen LogP contribution in [0.25, 0.3) is 16.0 Å². The first-order valence-corrected chi connectivity index (χ1v) is 14.3. The smallest absolute Gasteiger partial charge is 0.280 e. The normalized spacial score (nSPS) is 22.7. The van der Waals surface area contributed by atoms with Crippen molar-refractivity contribution in [1.82, 2.24) is 19.5 Å². The molecular formula is C22H33N6O6PS. The number of aromatic amines is 1. The predicted molar refractivity (Wildman–Crippen MR) is 139 cm³/mol. The summed E-state index contributed by atoms with van der Waals surface area (Å²) in [4.78, 5) is 39.6. The van der Waals surface area contributed by atoms with Crippen LogP contribution in [0.5, 0.6) is 0 Å². The molecule has 2 aromatic heterocycles. The van der Waals surface area contributed by atoms with Gasteiger partial charge in [-0.25, -0.2) is 11.6 Å². The van der Waals surface area contributed by atoms with Crippen LogP contribution in [0.15, 0.2) is 11.1 Å². The molecule has 1 saturated heterocycles.